The van der Waals surface area contributed by atoms with E-state index in [1.54, 1.807) is 39.0 Å². The van der Waals surface area contributed by atoms with Gasteiger partial charge in [-0.3, -0.25) is 10.1 Å². The molecule has 1 aromatic carbocycles. The summed E-state index contributed by atoms with van der Waals surface area (Å²) in [5, 5.41) is 2.59. The van der Waals surface area contributed by atoms with Gasteiger partial charge in [0.05, 0.1) is 12.8 Å². The van der Waals surface area contributed by atoms with E-state index >= 15 is 0 Å². The molecule has 0 heterocycles. The van der Waals surface area contributed by atoms with E-state index in [4.69, 9.17) is 9.47 Å². The van der Waals surface area contributed by atoms with Crippen molar-refractivity contribution in [1.29, 1.82) is 0 Å². The number of amides is 1. The summed E-state index contributed by atoms with van der Waals surface area (Å²) in [7, 11) is 1.47. The third-order valence-electron chi connectivity index (χ3n) is 2.24. The first kappa shape index (κ1) is 15.0. The molecule has 0 aromatic heterocycles. The van der Waals surface area contributed by atoms with E-state index < -0.39 is 11.7 Å². The second kappa shape index (κ2) is 5.73. The lowest BCUT2D eigenvalue weighted by Gasteiger charge is -2.20. The molecule has 0 aliphatic heterocycles. The van der Waals surface area contributed by atoms with Gasteiger partial charge in [-0.1, -0.05) is 0 Å². The highest BCUT2D eigenvalue weighted by atomic mass is 16.6. The molecule has 1 rings (SSSR count). The van der Waals surface area contributed by atoms with Crippen LogP contribution in [-0.4, -0.2) is 24.6 Å². The second-order valence-corrected chi connectivity index (χ2v) is 5.10. The van der Waals surface area contributed by atoms with E-state index in [-0.39, 0.29) is 5.78 Å². The van der Waals surface area contributed by atoms with Crippen molar-refractivity contribution >= 4 is 17.6 Å². The van der Waals surface area contributed by atoms with Crippen molar-refractivity contribution in [3.63, 3.8) is 0 Å². The van der Waals surface area contributed by atoms with E-state index in [0.717, 1.165) is 0 Å². The van der Waals surface area contributed by atoms with Crippen LogP contribution >= 0.6 is 0 Å². The number of carbonyl (C=O) groups excluding carboxylic acids is 2. The molecular formula is C14H19NO4. The van der Waals surface area contributed by atoms with Crippen LogP contribution in [0.4, 0.5) is 10.5 Å². The minimum Gasteiger partial charge on any atom is -0.495 e. The summed E-state index contributed by atoms with van der Waals surface area (Å²) in [4.78, 5) is 22.9. The molecule has 0 saturated carbocycles. The van der Waals surface area contributed by atoms with Crippen LogP contribution in [0.25, 0.3) is 0 Å². The molecule has 0 radical (unpaired) electrons. The van der Waals surface area contributed by atoms with Crippen molar-refractivity contribution in [2.45, 2.75) is 33.3 Å². The van der Waals surface area contributed by atoms with Gasteiger partial charge in [0, 0.05) is 5.56 Å². The monoisotopic (exact) mass is 265 g/mol. The summed E-state index contributed by atoms with van der Waals surface area (Å²) in [6, 6.07) is 4.81. The van der Waals surface area contributed by atoms with Crippen molar-refractivity contribution in [2.24, 2.45) is 0 Å². The second-order valence-electron chi connectivity index (χ2n) is 5.10. The molecule has 104 valence electrons. The Hall–Kier alpha value is -2.04. The summed E-state index contributed by atoms with van der Waals surface area (Å²) in [6.45, 7) is 6.81. The third kappa shape index (κ3) is 4.62. The van der Waals surface area contributed by atoms with Gasteiger partial charge in [-0.2, -0.15) is 0 Å². The fourth-order valence-corrected chi connectivity index (χ4v) is 1.43. The normalized spacial score (nSPS) is 10.8. The maximum Gasteiger partial charge on any atom is 0.412 e. The lowest BCUT2D eigenvalue weighted by atomic mass is 10.1. The molecule has 0 atom stereocenters. The van der Waals surface area contributed by atoms with Gasteiger partial charge in [0.1, 0.15) is 11.4 Å². The standard InChI is InChI=1S/C14H19NO4/c1-9(16)10-6-7-11(12(8-10)18-5)15-13(17)19-14(2,3)4/h6-8H,1-5H3,(H,15,17). The minimum atomic E-state index is -0.573. The molecule has 0 spiro atoms. The number of hydrogen-bond donors (Lipinski definition) is 1. The molecule has 1 amide bonds. The Bertz CT molecular complexity index is 489. The Morgan fingerprint density at radius 2 is 1.84 bits per heavy atom. The number of methoxy groups -OCH3 is 1. The number of ketones is 1. The fourth-order valence-electron chi connectivity index (χ4n) is 1.43. The van der Waals surface area contributed by atoms with E-state index in [0.29, 0.717) is 17.0 Å². The molecule has 0 bridgehead atoms. The predicted octanol–water partition coefficient (Wildman–Crippen LogP) is 3.24. The van der Waals surface area contributed by atoms with Crippen molar-refractivity contribution in [3.05, 3.63) is 23.8 Å². The highest BCUT2D eigenvalue weighted by molar-refractivity contribution is 5.96. The Labute approximate surface area is 112 Å². The van der Waals surface area contributed by atoms with Gasteiger partial charge >= 0.3 is 6.09 Å². The maximum absolute atomic E-state index is 11.7. The molecule has 0 aliphatic carbocycles. The summed E-state index contributed by atoms with van der Waals surface area (Å²) < 4.78 is 10.3. The number of Topliss-reactive ketones (excluding diaryl/α,β-unsaturated/α-hetero) is 1. The fraction of sp³-hybridized carbons (Fsp3) is 0.429. The molecule has 0 fully saturated rings. The van der Waals surface area contributed by atoms with Gasteiger partial charge in [-0.15, -0.1) is 0 Å². The number of nitrogens with one attached hydrogen (secondary N) is 1. The van der Waals surface area contributed by atoms with Crippen molar-refractivity contribution in [2.75, 3.05) is 12.4 Å². The summed E-state index contributed by atoms with van der Waals surface area (Å²) >= 11 is 0. The smallest absolute Gasteiger partial charge is 0.412 e. The predicted molar refractivity (Wildman–Crippen MR) is 72.9 cm³/mol. The number of rotatable bonds is 3. The number of benzene rings is 1. The largest absolute Gasteiger partial charge is 0.495 e. The lowest BCUT2D eigenvalue weighted by Crippen LogP contribution is -2.27. The molecule has 1 aromatic rings. The van der Waals surface area contributed by atoms with E-state index in [1.807, 2.05) is 0 Å². The van der Waals surface area contributed by atoms with Crippen LogP contribution in [0.3, 0.4) is 0 Å². The summed E-state index contributed by atoms with van der Waals surface area (Å²) in [5.41, 5.74) is 0.407. The van der Waals surface area contributed by atoms with Gasteiger partial charge in [0.2, 0.25) is 0 Å². The number of carbonyl (C=O) groups is 2. The van der Waals surface area contributed by atoms with Crippen molar-refractivity contribution in [1.82, 2.24) is 0 Å². The van der Waals surface area contributed by atoms with Crippen molar-refractivity contribution in [3.8, 4) is 5.75 Å². The summed E-state index contributed by atoms with van der Waals surface area (Å²) in [6.07, 6.45) is -0.568. The van der Waals surface area contributed by atoms with Crippen molar-refractivity contribution < 1.29 is 19.1 Å². The molecule has 1 N–H and O–H groups in total. The molecule has 5 heteroatoms. The zero-order valence-electron chi connectivity index (χ0n) is 11.9. The first-order valence-corrected chi connectivity index (χ1v) is 5.92. The Morgan fingerprint density at radius 3 is 2.32 bits per heavy atom. The maximum atomic E-state index is 11.7. The molecule has 5 nitrogen and oxygen atoms in total. The first-order valence-electron chi connectivity index (χ1n) is 5.92. The number of ether oxygens (including phenoxy) is 2. The van der Waals surface area contributed by atoms with Crippen LogP contribution in [0.5, 0.6) is 5.75 Å². The average molecular weight is 265 g/mol. The summed E-state index contributed by atoms with van der Waals surface area (Å²) in [5.74, 6) is 0.348. The van der Waals surface area contributed by atoms with Gasteiger partial charge in [0.25, 0.3) is 0 Å². The molecule has 0 aliphatic rings. The average Bonchev–Trinajstić information content (AvgIpc) is 2.26. The molecule has 19 heavy (non-hydrogen) atoms. The van der Waals surface area contributed by atoms with E-state index in [1.165, 1.54) is 14.0 Å². The topological polar surface area (TPSA) is 64.6 Å². The van der Waals surface area contributed by atoms with Crippen LogP contribution in [0.2, 0.25) is 0 Å². The quantitative estimate of drug-likeness (QED) is 0.852. The first-order chi connectivity index (χ1) is 8.73. The van der Waals surface area contributed by atoms with E-state index in [2.05, 4.69) is 5.32 Å². The molecule has 0 unspecified atom stereocenters. The highest BCUT2D eigenvalue weighted by Gasteiger charge is 2.17. The van der Waals surface area contributed by atoms with E-state index in [9.17, 15) is 9.59 Å². The van der Waals surface area contributed by atoms with Crippen LogP contribution in [0, 0.1) is 0 Å². The highest BCUT2D eigenvalue weighted by Crippen LogP contribution is 2.26. The van der Waals surface area contributed by atoms with Gasteiger partial charge < -0.3 is 9.47 Å². The number of anilines is 1. The van der Waals surface area contributed by atoms with Gasteiger partial charge in [0.15, 0.2) is 5.78 Å². The van der Waals surface area contributed by atoms with Gasteiger partial charge in [-0.05, 0) is 45.9 Å². The third-order valence-corrected chi connectivity index (χ3v) is 2.24. The molecule has 0 saturated heterocycles. The zero-order chi connectivity index (χ0) is 14.6. The zero-order valence-corrected chi connectivity index (χ0v) is 11.9. The van der Waals surface area contributed by atoms with Gasteiger partial charge in [-0.25, -0.2) is 4.79 Å². The SMILES string of the molecule is COc1cc(C(C)=O)ccc1NC(=O)OC(C)(C)C. The number of hydrogen-bond acceptors (Lipinski definition) is 4. The minimum absolute atomic E-state index is 0.0675. The van der Waals surface area contributed by atoms with Crippen LogP contribution in [-0.2, 0) is 4.74 Å². The van der Waals surface area contributed by atoms with Crippen LogP contribution < -0.4 is 10.1 Å². The lowest BCUT2D eigenvalue weighted by molar-refractivity contribution is 0.0635. The Morgan fingerprint density at radius 1 is 1.21 bits per heavy atom. The Balaban J connectivity index is 2.89. The van der Waals surface area contributed by atoms with Crippen LogP contribution in [0.1, 0.15) is 38.1 Å². The Kier molecular flexibility index (Phi) is 4.53. The molecular weight excluding hydrogens is 246 g/mol. The van der Waals surface area contributed by atoms with Crippen LogP contribution in [0.15, 0.2) is 18.2 Å².